The minimum Gasteiger partial charge on any atom is -0.399 e. The van der Waals surface area contributed by atoms with Gasteiger partial charge in [-0.3, -0.25) is 9.69 Å². The van der Waals surface area contributed by atoms with Gasteiger partial charge in [0.1, 0.15) is 0 Å². The van der Waals surface area contributed by atoms with Crippen molar-refractivity contribution < 1.29 is 9.53 Å². The number of nitrogens with zero attached hydrogens (tertiary/aromatic N) is 2. The Balaban J connectivity index is 1.99. The SMILES string of the molecule is COCCN1CCCN(C(=O)c2ccc(N)cc2N)CC1. The van der Waals surface area contributed by atoms with Crippen LogP contribution < -0.4 is 11.5 Å². The molecule has 1 aromatic carbocycles. The van der Waals surface area contributed by atoms with Crippen molar-refractivity contribution >= 4 is 17.3 Å². The summed E-state index contributed by atoms with van der Waals surface area (Å²) in [7, 11) is 1.71. The zero-order chi connectivity index (χ0) is 15.2. The molecule has 0 spiro atoms. The van der Waals surface area contributed by atoms with Gasteiger partial charge in [-0.25, -0.2) is 0 Å². The Morgan fingerprint density at radius 3 is 2.76 bits per heavy atom. The average Bonchev–Trinajstić information content (AvgIpc) is 2.70. The van der Waals surface area contributed by atoms with E-state index < -0.39 is 0 Å². The number of hydrogen-bond donors (Lipinski definition) is 2. The summed E-state index contributed by atoms with van der Waals surface area (Å²) < 4.78 is 5.11. The first-order chi connectivity index (χ1) is 10.1. The molecule has 2 rings (SSSR count). The van der Waals surface area contributed by atoms with Gasteiger partial charge in [-0.05, 0) is 31.2 Å². The summed E-state index contributed by atoms with van der Waals surface area (Å²) in [5, 5.41) is 0. The second kappa shape index (κ2) is 7.28. The van der Waals surface area contributed by atoms with Gasteiger partial charge in [0.15, 0.2) is 0 Å². The van der Waals surface area contributed by atoms with Crippen LogP contribution in [-0.2, 0) is 4.74 Å². The number of carbonyl (C=O) groups excluding carboxylic acids is 1. The van der Waals surface area contributed by atoms with Gasteiger partial charge in [0, 0.05) is 44.7 Å². The summed E-state index contributed by atoms with van der Waals surface area (Å²) in [6.07, 6.45) is 0.963. The van der Waals surface area contributed by atoms with Crippen LogP contribution in [0.1, 0.15) is 16.8 Å². The number of nitrogens with two attached hydrogens (primary N) is 2. The van der Waals surface area contributed by atoms with Gasteiger partial charge in [-0.2, -0.15) is 0 Å². The molecule has 1 aliphatic rings. The molecule has 1 amide bonds. The van der Waals surface area contributed by atoms with Crippen molar-refractivity contribution in [3.05, 3.63) is 23.8 Å². The summed E-state index contributed by atoms with van der Waals surface area (Å²) >= 11 is 0. The van der Waals surface area contributed by atoms with Crippen LogP contribution >= 0.6 is 0 Å². The Morgan fingerprint density at radius 1 is 1.24 bits per heavy atom. The van der Waals surface area contributed by atoms with Crippen LogP contribution in [0.4, 0.5) is 11.4 Å². The van der Waals surface area contributed by atoms with Crippen LogP contribution in [0.5, 0.6) is 0 Å². The van der Waals surface area contributed by atoms with Gasteiger partial charge in [0.05, 0.1) is 12.2 Å². The summed E-state index contributed by atoms with van der Waals surface area (Å²) in [5.41, 5.74) is 13.1. The van der Waals surface area contributed by atoms with E-state index in [1.807, 2.05) is 4.90 Å². The maximum Gasteiger partial charge on any atom is 0.255 e. The lowest BCUT2D eigenvalue weighted by Crippen LogP contribution is -2.36. The molecule has 0 aliphatic carbocycles. The second-order valence-electron chi connectivity index (χ2n) is 5.33. The molecule has 0 radical (unpaired) electrons. The highest BCUT2D eigenvalue weighted by atomic mass is 16.5. The number of methoxy groups -OCH3 is 1. The number of benzene rings is 1. The van der Waals surface area contributed by atoms with Gasteiger partial charge in [0.25, 0.3) is 5.91 Å². The first-order valence-electron chi connectivity index (χ1n) is 7.27. The normalized spacial score (nSPS) is 16.7. The first kappa shape index (κ1) is 15.6. The monoisotopic (exact) mass is 292 g/mol. The van der Waals surface area contributed by atoms with E-state index in [9.17, 15) is 4.79 Å². The molecule has 1 heterocycles. The number of nitrogen functional groups attached to an aromatic ring is 2. The molecule has 0 unspecified atom stereocenters. The molecule has 1 aliphatic heterocycles. The molecule has 0 aromatic heterocycles. The highest BCUT2D eigenvalue weighted by Crippen LogP contribution is 2.18. The lowest BCUT2D eigenvalue weighted by Gasteiger charge is -2.22. The van der Waals surface area contributed by atoms with E-state index in [1.54, 1.807) is 25.3 Å². The third-order valence-corrected chi connectivity index (χ3v) is 3.79. The standard InChI is InChI=1S/C15H24N4O2/c1-21-10-9-18-5-2-6-19(8-7-18)15(20)13-4-3-12(16)11-14(13)17/h3-4,11H,2,5-10,16-17H2,1H3. The van der Waals surface area contributed by atoms with Crippen LogP contribution in [0.25, 0.3) is 0 Å². The Hall–Kier alpha value is -1.79. The third-order valence-electron chi connectivity index (χ3n) is 3.79. The molecule has 0 atom stereocenters. The Bertz CT molecular complexity index is 493. The Labute approximate surface area is 125 Å². The average molecular weight is 292 g/mol. The van der Waals surface area contributed by atoms with Crippen molar-refractivity contribution in [2.75, 3.05) is 57.9 Å². The van der Waals surface area contributed by atoms with Gasteiger partial charge in [0.2, 0.25) is 0 Å². The summed E-state index contributed by atoms with van der Waals surface area (Å²) in [6, 6.07) is 5.06. The van der Waals surface area contributed by atoms with Crippen molar-refractivity contribution in [3.8, 4) is 0 Å². The van der Waals surface area contributed by atoms with E-state index in [1.165, 1.54) is 0 Å². The Kier molecular flexibility index (Phi) is 5.41. The third kappa shape index (κ3) is 4.09. The molecule has 0 bridgehead atoms. The van der Waals surface area contributed by atoms with E-state index in [0.717, 1.165) is 39.2 Å². The number of hydrogen-bond acceptors (Lipinski definition) is 5. The topological polar surface area (TPSA) is 84.8 Å². The van der Waals surface area contributed by atoms with Crippen molar-refractivity contribution in [2.24, 2.45) is 0 Å². The lowest BCUT2D eigenvalue weighted by molar-refractivity contribution is 0.0760. The van der Waals surface area contributed by atoms with Crippen LogP contribution in [0, 0.1) is 0 Å². The molecule has 1 aromatic rings. The second-order valence-corrected chi connectivity index (χ2v) is 5.33. The molecule has 6 nitrogen and oxygen atoms in total. The summed E-state index contributed by atoms with van der Waals surface area (Å²) in [5.74, 6) is -0.0129. The maximum absolute atomic E-state index is 12.6. The van der Waals surface area contributed by atoms with E-state index in [-0.39, 0.29) is 5.91 Å². The highest BCUT2D eigenvalue weighted by molar-refractivity contribution is 5.99. The number of ether oxygens (including phenoxy) is 1. The van der Waals surface area contributed by atoms with Crippen LogP contribution in [0.15, 0.2) is 18.2 Å². The fourth-order valence-electron chi connectivity index (χ4n) is 2.56. The minimum atomic E-state index is -0.0129. The predicted molar refractivity (Wildman–Crippen MR) is 84.1 cm³/mol. The smallest absolute Gasteiger partial charge is 0.255 e. The van der Waals surface area contributed by atoms with Crippen LogP contribution in [0.2, 0.25) is 0 Å². The van der Waals surface area contributed by atoms with E-state index >= 15 is 0 Å². The quantitative estimate of drug-likeness (QED) is 0.796. The molecule has 6 heteroatoms. The summed E-state index contributed by atoms with van der Waals surface area (Å²) in [4.78, 5) is 16.8. The van der Waals surface area contributed by atoms with Crippen molar-refractivity contribution in [2.45, 2.75) is 6.42 Å². The largest absolute Gasteiger partial charge is 0.399 e. The van der Waals surface area contributed by atoms with Gasteiger partial charge < -0.3 is 21.1 Å². The van der Waals surface area contributed by atoms with Gasteiger partial charge >= 0.3 is 0 Å². The van der Waals surface area contributed by atoms with Crippen molar-refractivity contribution in [3.63, 3.8) is 0 Å². The number of amides is 1. The fraction of sp³-hybridized carbons (Fsp3) is 0.533. The molecule has 1 fully saturated rings. The van der Waals surface area contributed by atoms with Crippen LogP contribution in [-0.4, -0.2) is 62.1 Å². The minimum absolute atomic E-state index is 0.0129. The zero-order valence-corrected chi connectivity index (χ0v) is 12.5. The van der Waals surface area contributed by atoms with E-state index in [0.29, 0.717) is 23.5 Å². The lowest BCUT2D eigenvalue weighted by atomic mass is 10.1. The molecule has 21 heavy (non-hydrogen) atoms. The highest BCUT2D eigenvalue weighted by Gasteiger charge is 2.21. The van der Waals surface area contributed by atoms with Crippen molar-refractivity contribution in [1.82, 2.24) is 9.80 Å². The Morgan fingerprint density at radius 2 is 2.05 bits per heavy atom. The summed E-state index contributed by atoms with van der Waals surface area (Å²) in [6.45, 7) is 4.95. The van der Waals surface area contributed by atoms with E-state index in [4.69, 9.17) is 16.2 Å². The predicted octanol–water partition coefficient (Wildman–Crippen LogP) is 0.645. The molecule has 4 N–H and O–H groups in total. The molecule has 116 valence electrons. The molecular weight excluding hydrogens is 268 g/mol. The fourth-order valence-corrected chi connectivity index (χ4v) is 2.56. The van der Waals surface area contributed by atoms with Gasteiger partial charge in [-0.1, -0.05) is 0 Å². The first-order valence-corrected chi connectivity index (χ1v) is 7.27. The molecular formula is C15H24N4O2. The van der Waals surface area contributed by atoms with Gasteiger partial charge in [-0.15, -0.1) is 0 Å². The number of carbonyl (C=O) groups is 1. The molecule has 0 saturated carbocycles. The van der Waals surface area contributed by atoms with Crippen LogP contribution in [0.3, 0.4) is 0 Å². The maximum atomic E-state index is 12.6. The number of anilines is 2. The zero-order valence-electron chi connectivity index (χ0n) is 12.5. The van der Waals surface area contributed by atoms with Crippen molar-refractivity contribution in [1.29, 1.82) is 0 Å². The van der Waals surface area contributed by atoms with E-state index in [2.05, 4.69) is 4.90 Å². The molecule has 1 saturated heterocycles. The number of rotatable bonds is 4.